The van der Waals surface area contributed by atoms with E-state index in [-0.39, 0.29) is 0 Å². The SMILES string of the molecule is CCC(Cc1nnn(C)n1)C(=O)O. The molecule has 0 amide bonds. The molecule has 0 aliphatic carbocycles. The second-order valence-corrected chi connectivity index (χ2v) is 2.84. The fourth-order valence-corrected chi connectivity index (χ4v) is 1.03. The highest BCUT2D eigenvalue weighted by molar-refractivity contribution is 5.70. The van der Waals surface area contributed by atoms with E-state index in [0.29, 0.717) is 18.7 Å². The van der Waals surface area contributed by atoms with Crippen molar-refractivity contribution in [3.63, 3.8) is 0 Å². The van der Waals surface area contributed by atoms with Gasteiger partial charge in [-0.2, -0.15) is 4.80 Å². The first kappa shape index (κ1) is 9.63. The van der Waals surface area contributed by atoms with Crippen LogP contribution in [0.15, 0.2) is 0 Å². The number of nitrogens with zero attached hydrogens (tertiary/aromatic N) is 4. The molecule has 6 nitrogen and oxygen atoms in total. The lowest BCUT2D eigenvalue weighted by Crippen LogP contribution is -2.16. The van der Waals surface area contributed by atoms with E-state index in [1.807, 2.05) is 6.92 Å². The largest absolute Gasteiger partial charge is 0.481 e. The third kappa shape index (κ3) is 2.50. The number of carboxylic acid groups (broad SMARTS) is 1. The molecule has 0 radical (unpaired) electrons. The molecule has 1 aromatic heterocycles. The third-order valence-corrected chi connectivity index (χ3v) is 1.82. The van der Waals surface area contributed by atoms with Gasteiger partial charge in [-0.05, 0) is 11.6 Å². The molecule has 1 aromatic rings. The van der Waals surface area contributed by atoms with Crippen molar-refractivity contribution in [2.24, 2.45) is 13.0 Å². The Morgan fingerprint density at radius 2 is 2.38 bits per heavy atom. The molecule has 0 aromatic carbocycles. The van der Waals surface area contributed by atoms with Gasteiger partial charge in [0.2, 0.25) is 0 Å². The molecule has 0 saturated heterocycles. The zero-order valence-corrected chi connectivity index (χ0v) is 7.64. The maximum absolute atomic E-state index is 10.7. The molecule has 13 heavy (non-hydrogen) atoms. The first-order chi connectivity index (χ1) is 6.13. The summed E-state index contributed by atoms with van der Waals surface area (Å²) in [6.07, 6.45) is 0.924. The summed E-state index contributed by atoms with van der Waals surface area (Å²) < 4.78 is 0. The first-order valence-corrected chi connectivity index (χ1v) is 4.09. The van der Waals surface area contributed by atoms with Crippen molar-refractivity contribution >= 4 is 5.97 Å². The van der Waals surface area contributed by atoms with Gasteiger partial charge in [0.15, 0.2) is 5.82 Å². The number of hydrogen-bond donors (Lipinski definition) is 1. The average Bonchev–Trinajstić information content (AvgIpc) is 2.46. The van der Waals surface area contributed by atoms with Crippen molar-refractivity contribution in [1.82, 2.24) is 20.2 Å². The first-order valence-electron chi connectivity index (χ1n) is 4.09. The summed E-state index contributed by atoms with van der Waals surface area (Å²) in [5.74, 6) is -0.740. The van der Waals surface area contributed by atoms with Gasteiger partial charge in [0.05, 0.1) is 13.0 Å². The second-order valence-electron chi connectivity index (χ2n) is 2.84. The molecular weight excluding hydrogens is 172 g/mol. The van der Waals surface area contributed by atoms with Crippen LogP contribution in [0.25, 0.3) is 0 Å². The van der Waals surface area contributed by atoms with Crippen LogP contribution in [0.1, 0.15) is 19.2 Å². The Bertz CT molecular complexity index is 296. The van der Waals surface area contributed by atoms with Crippen LogP contribution in [-0.4, -0.2) is 31.3 Å². The quantitative estimate of drug-likeness (QED) is 0.704. The van der Waals surface area contributed by atoms with Gasteiger partial charge in [0.1, 0.15) is 0 Å². The molecule has 1 atom stereocenters. The Kier molecular flexibility index (Phi) is 2.94. The lowest BCUT2D eigenvalue weighted by atomic mass is 10.0. The molecule has 1 N–H and O–H groups in total. The van der Waals surface area contributed by atoms with Crippen LogP contribution < -0.4 is 0 Å². The summed E-state index contributed by atoms with van der Waals surface area (Å²) in [7, 11) is 1.65. The van der Waals surface area contributed by atoms with Crippen LogP contribution in [-0.2, 0) is 18.3 Å². The van der Waals surface area contributed by atoms with Gasteiger partial charge < -0.3 is 5.11 Å². The lowest BCUT2D eigenvalue weighted by Gasteiger charge is -2.04. The minimum Gasteiger partial charge on any atom is -0.481 e. The summed E-state index contributed by atoms with van der Waals surface area (Å²) in [6.45, 7) is 1.83. The Balaban J connectivity index is 2.61. The molecule has 0 saturated carbocycles. The highest BCUT2D eigenvalue weighted by Gasteiger charge is 2.17. The fraction of sp³-hybridized carbons (Fsp3) is 0.714. The van der Waals surface area contributed by atoms with Crippen molar-refractivity contribution in [3.05, 3.63) is 5.82 Å². The van der Waals surface area contributed by atoms with Crippen molar-refractivity contribution in [1.29, 1.82) is 0 Å². The van der Waals surface area contributed by atoms with Gasteiger partial charge in [0.25, 0.3) is 0 Å². The van der Waals surface area contributed by atoms with Gasteiger partial charge in [0, 0.05) is 6.42 Å². The smallest absolute Gasteiger partial charge is 0.306 e. The van der Waals surface area contributed by atoms with Gasteiger partial charge in [-0.25, -0.2) is 0 Å². The Morgan fingerprint density at radius 3 is 2.77 bits per heavy atom. The predicted molar refractivity (Wildman–Crippen MR) is 43.9 cm³/mol. The molecule has 0 aliphatic heterocycles. The molecule has 72 valence electrons. The summed E-state index contributed by atoms with van der Waals surface area (Å²) in [5.41, 5.74) is 0. The van der Waals surface area contributed by atoms with Crippen molar-refractivity contribution < 1.29 is 9.90 Å². The van der Waals surface area contributed by atoms with Crippen LogP contribution in [0.5, 0.6) is 0 Å². The minimum absolute atomic E-state index is 0.347. The number of carboxylic acids is 1. The number of carbonyl (C=O) groups is 1. The standard InChI is InChI=1S/C7H12N4O2/c1-3-5(7(12)13)4-6-8-10-11(2)9-6/h5H,3-4H2,1-2H3,(H,12,13). The molecule has 1 heterocycles. The summed E-state index contributed by atoms with van der Waals surface area (Å²) in [6, 6.07) is 0. The molecular formula is C7H12N4O2. The molecule has 6 heteroatoms. The van der Waals surface area contributed by atoms with Gasteiger partial charge in [-0.3, -0.25) is 4.79 Å². The fourth-order valence-electron chi connectivity index (χ4n) is 1.03. The zero-order chi connectivity index (χ0) is 9.84. The Hall–Kier alpha value is -1.46. The lowest BCUT2D eigenvalue weighted by molar-refractivity contribution is -0.141. The van der Waals surface area contributed by atoms with E-state index in [4.69, 9.17) is 5.11 Å². The Morgan fingerprint density at radius 1 is 1.69 bits per heavy atom. The zero-order valence-electron chi connectivity index (χ0n) is 7.64. The number of aromatic nitrogens is 4. The average molecular weight is 184 g/mol. The topological polar surface area (TPSA) is 80.9 Å². The van der Waals surface area contributed by atoms with E-state index < -0.39 is 11.9 Å². The number of aliphatic carboxylic acids is 1. The summed E-state index contributed by atoms with van der Waals surface area (Å²) in [5, 5.41) is 20.0. The summed E-state index contributed by atoms with van der Waals surface area (Å²) in [4.78, 5) is 12.0. The van der Waals surface area contributed by atoms with Crippen LogP contribution in [0.3, 0.4) is 0 Å². The van der Waals surface area contributed by atoms with Crippen LogP contribution in [0, 0.1) is 5.92 Å². The van der Waals surface area contributed by atoms with E-state index in [2.05, 4.69) is 15.4 Å². The number of rotatable bonds is 4. The summed E-state index contributed by atoms with van der Waals surface area (Å²) >= 11 is 0. The van der Waals surface area contributed by atoms with Crippen LogP contribution in [0.2, 0.25) is 0 Å². The monoisotopic (exact) mass is 184 g/mol. The van der Waals surface area contributed by atoms with Crippen molar-refractivity contribution in [2.75, 3.05) is 0 Å². The van der Waals surface area contributed by atoms with Crippen molar-refractivity contribution in [3.8, 4) is 0 Å². The van der Waals surface area contributed by atoms with E-state index >= 15 is 0 Å². The highest BCUT2D eigenvalue weighted by atomic mass is 16.4. The highest BCUT2D eigenvalue weighted by Crippen LogP contribution is 2.07. The molecule has 0 spiro atoms. The third-order valence-electron chi connectivity index (χ3n) is 1.82. The number of tetrazole rings is 1. The molecule has 0 aliphatic rings. The van der Waals surface area contributed by atoms with Gasteiger partial charge in [-0.1, -0.05) is 6.92 Å². The maximum atomic E-state index is 10.7. The second kappa shape index (κ2) is 3.97. The van der Waals surface area contributed by atoms with Gasteiger partial charge >= 0.3 is 5.97 Å². The van der Waals surface area contributed by atoms with E-state index in [0.717, 1.165) is 0 Å². The van der Waals surface area contributed by atoms with E-state index in [1.54, 1.807) is 7.05 Å². The van der Waals surface area contributed by atoms with Crippen LogP contribution in [0.4, 0.5) is 0 Å². The molecule has 1 rings (SSSR count). The minimum atomic E-state index is -0.810. The van der Waals surface area contributed by atoms with E-state index in [1.165, 1.54) is 4.80 Å². The van der Waals surface area contributed by atoms with Crippen LogP contribution >= 0.6 is 0 Å². The molecule has 0 bridgehead atoms. The number of hydrogen-bond acceptors (Lipinski definition) is 4. The maximum Gasteiger partial charge on any atom is 0.306 e. The Labute approximate surface area is 75.6 Å². The van der Waals surface area contributed by atoms with Crippen molar-refractivity contribution in [2.45, 2.75) is 19.8 Å². The van der Waals surface area contributed by atoms with Gasteiger partial charge in [-0.15, -0.1) is 10.2 Å². The predicted octanol–water partition coefficient (Wildman–Crippen LogP) is -0.137. The normalized spacial score (nSPS) is 12.8. The molecule has 0 fully saturated rings. The molecule has 1 unspecified atom stereocenters. The number of aryl methyl sites for hydroxylation is 1. The van der Waals surface area contributed by atoms with E-state index in [9.17, 15) is 4.79 Å².